The van der Waals surface area contributed by atoms with Crippen LogP contribution >= 0.6 is 11.3 Å². The van der Waals surface area contributed by atoms with E-state index in [2.05, 4.69) is 254 Å². The fourth-order valence-electron chi connectivity index (χ4n) is 11.4. The van der Waals surface area contributed by atoms with Gasteiger partial charge in [-0.1, -0.05) is 188 Å². The molecule has 318 valence electrons. The highest BCUT2D eigenvalue weighted by atomic mass is 32.1. The Balaban J connectivity index is 0.986. The van der Waals surface area contributed by atoms with E-state index < -0.39 is 5.41 Å². The van der Waals surface area contributed by atoms with Gasteiger partial charge in [-0.2, -0.15) is 0 Å². The van der Waals surface area contributed by atoms with Gasteiger partial charge >= 0.3 is 0 Å². The zero-order valence-electron chi connectivity index (χ0n) is 36.9. The van der Waals surface area contributed by atoms with Gasteiger partial charge in [-0.15, -0.1) is 11.3 Å². The van der Waals surface area contributed by atoms with Gasteiger partial charge in [0.05, 0.1) is 5.41 Å². The average molecular weight is 884 g/mol. The summed E-state index contributed by atoms with van der Waals surface area (Å²) in [6, 6.07) is 91.4. The third kappa shape index (κ3) is 5.76. The van der Waals surface area contributed by atoms with E-state index >= 15 is 0 Å². The summed E-state index contributed by atoms with van der Waals surface area (Å²) in [5, 5.41) is 7.17. The highest BCUT2D eigenvalue weighted by Crippen LogP contribution is 2.57. The second-order valence-electron chi connectivity index (χ2n) is 17.9. The van der Waals surface area contributed by atoms with Gasteiger partial charge in [0, 0.05) is 53.4 Å². The lowest BCUT2D eigenvalue weighted by molar-refractivity contribution is 0.673. The molecular weight excluding hydrogens is 843 g/mol. The fraction of sp³-hybridized carbons (Fsp3) is 0.0154. The Labute approximate surface area is 398 Å². The molecule has 1 aliphatic carbocycles. The zero-order valence-corrected chi connectivity index (χ0v) is 37.8. The lowest BCUT2D eigenvalue weighted by atomic mass is 9.67. The van der Waals surface area contributed by atoms with Gasteiger partial charge in [-0.05, 0) is 122 Å². The van der Waals surface area contributed by atoms with Gasteiger partial charge in [-0.25, -0.2) is 0 Å². The van der Waals surface area contributed by atoms with Crippen LogP contribution in [0.25, 0.3) is 86.3 Å². The number of thiophene rings is 1. The van der Waals surface area contributed by atoms with Crippen molar-refractivity contribution in [2.45, 2.75) is 5.41 Å². The molecule has 0 spiro atoms. The molecule has 0 N–H and O–H groups in total. The molecule has 0 saturated carbocycles. The van der Waals surface area contributed by atoms with Gasteiger partial charge in [0.2, 0.25) is 0 Å². The number of fused-ring (bicyclic) bond motifs is 11. The molecule has 2 heterocycles. The van der Waals surface area contributed by atoms with Crippen molar-refractivity contribution in [2.75, 3.05) is 4.90 Å². The number of furan rings is 1. The standard InChI is InChI=1S/C65H41NOS/c1-3-18-45(19-4-1)65(46-20-5-2-6-21-46)57-28-11-9-24-53(57)54-39-37-49(41-58(54)65)66(47-35-32-43(33-36-47)50-27-15-31-61-63(50)55-25-10-12-30-60(55)68-61)48-22-13-17-44(40-48)51-26-14-29-59-62(51)56-38-34-42-16-7-8-23-52(42)64(56)67-59/h1-41H. The summed E-state index contributed by atoms with van der Waals surface area (Å²) >= 11 is 1.86. The van der Waals surface area contributed by atoms with E-state index in [-0.39, 0.29) is 0 Å². The number of benzene rings is 11. The molecule has 3 heteroatoms. The first-order chi connectivity index (χ1) is 33.7. The number of anilines is 3. The van der Waals surface area contributed by atoms with Gasteiger partial charge in [0.1, 0.15) is 11.2 Å². The summed E-state index contributed by atoms with van der Waals surface area (Å²) < 4.78 is 9.30. The monoisotopic (exact) mass is 883 g/mol. The molecule has 14 rings (SSSR count). The van der Waals surface area contributed by atoms with Crippen molar-refractivity contribution in [2.24, 2.45) is 0 Å². The molecule has 0 amide bonds. The van der Waals surface area contributed by atoms with Crippen molar-refractivity contribution in [3.8, 4) is 33.4 Å². The molecule has 0 fully saturated rings. The molecule has 13 aromatic rings. The Morgan fingerprint density at radius 3 is 1.79 bits per heavy atom. The van der Waals surface area contributed by atoms with Gasteiger partial charge in [0.15, 0.2) is 0 Å². The third-order valence-corrected chi connectivity index (χ3v) is 15.5. The molecule has 2 nitrogen and oxygen atoms in total. The number of hydrogen-bond donors (Lipinski definition) is 0. The van der Waals surface area contributed by atoms with Crippen molar-refractivity contribution in [3.05, 3.63) is 271 Å². The molecule has 0 bridgehead atoms. The van der Waals surface area contributed by atoms with E-state index in [1.54, 1.807) is 0 Å². The van der Waals surface area contributed by atoms with Crippen LogP contribution in [0.3, 0.4) is 0 Å². The van der Waals surface area contributed by atoms with Crippen molar-refractivity contribution in [3.63, 3.8) is 0 Å². The van der Waals surface area contributed by atoms with Gasteiger partial charge in [-0.3, -0.25) is 0 Å². The highest BCUT2D eigenvalue weighted by Gasteiger charge is 2.46. The maximum Gasteiger partial charge on any atom is 0.143 e. The highest BCUT2D eigenvalue weighted by molar-refractivity contribution is 7.25. The van der Waals surface area contributed by atoms with Crippen molar-refractivity contribution < 1.29 is 4.42 Å². The van der Waals surface area contributed by atoms with E-state index in [9.17, 15) is 0 Å². The Hall–Kier alpha value is -8.50. The lowest BCUT2D eigenvalue weighted by Gasteiger charge is -2.35. The van der Waals surface area contributed by atoms with Crippen molar-refractivity contribution in [1.29, 1.82) is 0 Å². The largest absolute Gasteiger partial charge is 0.455 e. The minimum Gasteiger partial charge on any atom is -0.455 e. The summed E-state index contributed by atoms with van der Waals surface area (Å²) in [6.45, 7) is 0. The summed E-state index contributed by atoms with van der Waals surface area (Å²) in [4.78, 5) is 2.44. The van der Waals surface area contributed by atoms with Crippen LogP contribution in [-0.2, 0) is 5.41 Å². The lowest BCUT2D eigenvalue weighted by Crippen LogP contribution is -2.28. The minimum atomic E-state index is -0.536. The normalized spacial score (nSPS) is 12.8. The summed E-state index contributed by atoms with van der Waals surface area (Å²) in [5.74, 6) is 0. The van der Waals surface area contributed by atoms with Crippen LogP contribution in [0.2, 0.25) is 0 Å². The van der Waals surface area contributed by atoms with Crippen LogP contribution in [0.4, 0.5) is 17.1 Å². The van der Waals surface area contributed by atoms with Crippen LogP contribution in [-0.4, -0.2) is 0 Å². The predicted octanol–water partition coefficient (Wildman–Crippen LogP) is 18.3. The Morgan fingerprint density at radius 2 is 0.971 bits per heavy atom. The molecule has 0 atom stereocenters. The van der Waals surface area contributed by atoms with Gasteiger partial charge in [0.25, 0.3) is 0 Å². The fourth-order valence-corrected chi connectivity index (χ4v) is 12.6. The van der Waals surface area contributed by atoms with E-state index in [0.717, 1.165) is 55.5 Å². The van der Waals surface area contributed by atoms with E-state index in [4.69, 9.17) is 4.42 Å². The molecule has 11 aromatic carbocycles. The molecule has 0 unspecified atom stereocenters. The molecule has 0 saturated heterocycles. The maximum absolute atomic E-state index is 6.69. The first-order valence-electron chi connectivity index (χ1n) is 23.3. The number of hydrogen-bond acceptors (Lipinski definition) is 3. The van der Waals surface area contributed by atoms with Crippen LogP contribution in [0.1, 0.15) is 22.3 Å². The van der Waals surface area contributed by atoms with Crippen molar-refractivity contribution in [1.82, 2.24) is 0 Å². The van der Waals surface area contributed by atoms with Crippen molar-refractivity contribution >= 4 is 81.3 Å². The topological polar surface area (TPSA) is 16.4 Å². The Bertz CT molecular complexity index is 4050. The molecule has 68 heavy (non-hydrogen) atoms. The second kappa shape index (κ2) is 15.3. The summed E-state index contributed by atoms with van der Waals surface area (Å²) in [6.07, 6.45) is 0. The molecular formula is C65H41NOS. The SMILES string of the molecule is c1ccc(C2(c3ccccc3)c3ccccc3-c3ccc(N(c4ccc(-c5cccc6sc7ccccc7c56)cc4)c4cccc(-c5cccc6oc7c8ccccc8ccc7c56)c4)cc32)cc1. The average Bonchev–Trinajstić information content (AvgIpc) is 4.08. The quantitative estimate of drug-likeness (QED) is 0.159. The maximum atomic E-state index is 6.69. The molecule has 1 aliphatic rings. The van der Waals surface area contributed by atoms with Crippen LogP contribution in [0.15, 0.2) is 253 Å². The summed E-state index contributed by atoms with van der Waals surface area (Å²) in [7, 11) is 0. The Morgan fingerprint density at radius 1 is 0.353 bits per heavy atom. The minimum absolute atomic E-state index is 0.536. The third-order valence-electron chi connectivity index (χ3n) is 14.3. The van der Waals surface area contributed by atoms with E-state index in [0.29, 0.717) is 0 Å². The second-order valence-corrected chi connectivity index (χ2v) is 19.0. The van der Waals surface area contributed by atoms with E-state index in [1.165, 1.54) is 70.1 Å². The van der Waals surface area contributed by atoms with Crippen LogP contribution in [0.5, 0.6) is 0 Å². The smallest absolute Gasteiger partial charge is 0.143 e. The first-order valence-corrected chi connectivity index (χ1v) is 24.1. The summed E-state index contributed by atoms with van der Waals surface area (Å²) in [5.41, 5.74) is 16.8. The first kappa shape index (κ1) is 38.7. The molecule has 0 aliphatic heterocycles. The van der Waals surface area contributed by atoms with Crippen LogP contribution < -0.4 is 4.90 Å². The number of nitrogens with zero attached hydrogens (tertiary/aromatic N) is 1. The van der Waals surface area contributed by atoms with Crippen LogP contribution in [0, 0.1) is 0 Å². The molecule has 0 radical (unpaired) electrons. The predicted molar refractivity (Wildman–Crippen MR) is 287 cm³/mol. The van der Waals surface area contributed by atoms with Gasteiger partial charge < -0.3 is 9.32 Å². The molecule has 2 aromatic heterocycles. The number of rotatable bonds is 7. The zero-order chi connectivity index (χ0) is 44.8. The Kier molecular flexibility index (Phi) is 8.71. The van der Waals surface area contributed by atoms with E-state index in [1.807, 2.05) is 11.3 Å².